The van der Waals surface area contributed by atoms with Crippen LogP contribution in [0, 0.1) is 25.2 Å². The van der Waals surface area contributed by atoms with Crippen molar-refractivity contribution in [3.63, 3.8) is 0 Å². The molecule has 1 amide bonds. The van der Waals surface area contributed by atoms with Gasteiger partial charge in [0.1, 0.15) is 17.5 Å². The van der Waals surface area contributed by atoms with E-state index in [-0.39, 0.29) is 5.91 Å². The van der Waals surface area contributed by atoms with Gasteiger partial charge in [-0.1, -0.05) is 24.3 Å². The normalized spacial score (nSPS) is 17.1. The average molecular weight is 321 g/mol. The van der Waals surface area contributed by atoms with Gasteiger partial charge in [-0.25, -0.2) is 5.01 Å². The van der Waals surface area contributed by atoms with E-state index in [9.17, 15) is 10.1 Å². The number of nitrogens with zero attached hydrogens (tertiary/aromatic N) is 4. The van der Waals surface area contributed by atoms with Gasteiger partial charge >= 0.3 is 0 Å². The van der Waals surface area contributed by atoms with Gasteiger partial charge in [0.2, 0.25) is 5.91 Å². The number of carbonyl (C=O) groups excluding carboxylic acids is 1. The number of aryl methyl sites for hydroxylation is 2. The zero-order chi connectivity index (χ0) is 17.4. The lowest BCUT2D eigenvalue weighted by atomic mass is 9.96. The van der Waals surface area contributed by atoms with E-state index in [2.05, 4.69) is 11.2 Å². The number of para-hydroxylation sites is 1. The largest absolute Gasteiger partial charge is 0.383 e. The summed E-state index contributed by atoms with van der Waals surface area (Å²) in [6.07, 6.45) is 1.84. The highest BCUT2D eigenvalue weighted by Gasteiger charge is 2.31. The molecule has 0 atom stereocenters. The maximum absolute atomic E-state index is 11.7. The number of benzene rings is 1. The molecule has 2 heterocycles. The third-order valence-corrected chi connectivity index (χ3v) is 4.35. The molecule has 0 unspecified atom stereocenters. The fourth-order valence-corrected chi connectivity index (χ4v) is 3.07. The van der Waals surface area contributed by atoms with E-state index >= 15 is 0 Å². The number of rotatable bonds is 1. The third kappa shape index (κ3) is 2.44. The highest BCUT2D eigenvalue weighted by Crippen LogP contribution is 2.33. The first-order valence-corrected chi connectivity index (χ1v) is 7.74. The molecule has 122 valence electrons. The van der Waals surface area contributed by atoms with E-state index < -0.39 is 0 Å². The second-order valence-electron chi connectivity index (χ2n) is 5.99. The monoisotopic (exact) mass is 321 g/mol. The topological polar surface area (TPSA) is 85.7 Å². The first kappa shape index (κ1) is 15.8. The van der Waals surface area contributed by atoms with Crippen LogP contribution in [0.4, 0.5) is 5.69 Å². The lowest BCUT2D eigenvalue weighted by molar-refractivity contribution is -0.127. The van der Waals surface area contributed by atoms with Crippen LogP contribution in [0.3, 0.4) is 0 Å². The molecule has 3 rings (SSSR count). The Morgan fingerprint density at radius 1 is 1.33 bits per heavy atom. The average Bonchev–Trinajstić information content (AvgIpc) is 2.54. The molecule has 0 aliphatic carbocycles. The maximum Gasteiger partial charge on any atom is 0.220 e. The minimum atomic E-state index is -0.0207. The van der Waals surface area contributed by atoms with Gasteiger partial charge in [0.25, 0.3) is 0 Å². The molecule has 2 aliphatic rings. The Hall–Kier alpha value is -3.07. The standard InChI is InChI=1S/C18H19N5O/c1-11-5-4-6-12(2)17(11)23-18(20)15(9-19)14-7-8-22(13(3)24)10-16(14)21-23/h4-7H,8,10,20H2,1-3H3. The van der Waals surface area contributed by atoms with Gasteiger partial charge in [-0.05, 0) is 25.0 Å². The summed E-state index contributed by atoms with van der Waals surface area (Å²) in [6.45, 7) is 6.33. The van der Waals surface area contributed by atoms with Gasteiger partial charge in [0.05, 0.1) is 17.9 Å². The number of fused-ring (bicyclic) bond motifs is 1. The van der Waals surface area contributed by atoms with Crippen molar-refractivity contribution < 1.29 is 4.79 Å². The van der Waals surface area contributed by atoms with E-state index in [1.165, 1.54) is 6.92 Å². The van der Waals surface area contributed by atoms with Crippen molar-refractivity contribution >= 4 is 17.3 Å². The van der Waals surface area contributed by atoms with Crippen molar-refractivity contribution in [1.82, 2.24) is 4.90 Å². The predicted molar refractivity (Wildman–Crippen MR) is 93.0 cm³/mol. The number of hydrogen-bond acceptors (Lipinski definition) is 5. The van der Waals surface area contributed by atoms with Crippen molar-refractivity contribution in [2.24, 2.45) is 10.8 Å². The fourth-order valence-electron chi connectivity index (χ4n) is 3.07. The summed E-state index contributed by atoms with van der Waals surface area (Å²) >= 11 is 0. The summed E-state index contributed by atoms with van der Waals surface area (Å²) in [4.78, 5) is 13.4. The van der Waals surface area contributed by atoms with Gasteiger partial charge in [0, 0.05) is 19.0 Å². The van der Waals surface area contributed by atoms with Gasteiger partial charge in [0.15, 0.2) is 0 Å². The van der Waals surface area contributed by atoms with Crippen LogP contribution >= 0.6 is 0 Å². The van der Waals surface area contributed by atoms with Crippen LogP contribution in [0.25, 0.3) is 0 Å². The Labute approximate surface area is 141 Å². The summed E-state index contributed by atoms with van der Waals surface area (Å²) in [5, 5.41) is 15.9. The van der Waals surface area contributed by atoms with E-state index in [0.29, 0.717) is 30.2 Å². The highest BCUT2D eigenvalue weighted by atomic mass is 16.2. The minimum absolute atomic E-state index is 0.0207. The summed E-state index contributed by atoms with van der Waals surface area (Å²) in [7, 11) is 0. The van der Waals surface area contributed by atoms with Crippen molar-refractivity contribution in [3.8, 4) is 6.07 Å². The molecule has 6 heteroatoms. The van der Waals surface area contributed by atoms with Crippen molar-refractivity contribution in [2.45, 2.75) is 20.8 Å². The lowest BCUT2D eigenvalue weighted by Gasteiger charge is -2.34. The molecule has 2 N–H and O–H groups in total. The van der Waals surface area contributed by atoms with Crippen molar-refractivity contribution in [1.29, 1.82) is 5.26 Å². The molecule has 0 saturated heterocycles. The zero-order valence-electron chi connectivity index (χ0n) is 14.0. The first-order chi connectivity index (χ1) is 11.4. The summed E-state index contributed by atoms with van der Waals surface area (Å²) in [5.41, 5.74) is 11.0. The van der Waals surface area contributed by atoms with Crippen LogP contribution in [0.1, 0.15) is 18.1 Å². The maximum atomic E-state index is 11.7. The van der Waals surface area contributed by atoms with E-state index in [4.69, 9.17) is 5.73 Å². The number of nitriles is 1. The zero-order valence-corrected chi connectivity index (χ0v) is 14.0. The third-order valence-electron chi connectivity index (χ3n) is 4.35. The Bertz CT molecular complexity index is 836. The molecule has 1 aromatic carbocycles. The summed E-state index contributed by atoms with van der Waals surface area (Å²) in [5.74, 6) is 0.300. The number of amides is 1. The van der Waals surface area contributed by atoms with Crippen LogP contribution in [-0.2, 0) is 4.79 Å². The minimum Gasteiger partial charge on any atom is -0.383 e. The van der Waals surface area contributed by atoms with Crippen LogP contribution < -0.4 is 10.7 Å². The molecule has 0 bridgehead atoms. The second kappa shape index (κ2) is 5.85. The van der Waals surface area contributed by atoms with Crippen LogP contribution in [0.2, 0.25) is 0 Å². The molecule has 6 nitrogen and oxygen atoms in total. The van der Waals surface area contributed by atoms with E-state index in [1.54, 1.807) is 9.91 Å². The molecule has 24 heavy (non-hydrogen) atoms. The smallest absolute Gasteiger partial charge is 0.220 e. The number of carbonyl (C=O) groups is 1. The Morgan fingerprint density at radius 3 is 2.58 bits per heavy atom. The number of anilines is 1. The Kier molecular flexibility index (Phi) is 3.86. The van der Waals surface area contributed by atoms with Gasteiger partial charge in [-0.15, -0.1) is 0 Å². The van der Waals surface area contributed by atoms with Crippen molar-refractivity contribution in [3.05, 3.63) is 52.4 Å². The number of allylic oxidation sites excluding steroid dienone is 1. The van der Waals surface area contributed by atoms with E-state index in [1.807, 2.05) is 38.1 Å². The first-order valence-electron chi connectivity index (χ1n) is 7.74. The van der Waals surface area contributed by atoms with Crippen LogP contribution in [-0.4, -0.2) is 29.6 Å². The Balaban J connectivity index is 2.16. The second-order valence-corrected chi connectivity index (χ2v) is 5.99. The van der Waals surface area contributed by atoms with Crippen LogP contribution in [0.5, 0.6) is 0 Å². The van der Waals surface area contributed by atoms with Gasteiger partial charge < -0.3 is 10.6 Å². The molecule has 0 radical (unpaired) electrons. The number of hydrazone groups is 1. The highest BCUT2D eigenvalue weighted by molar-refractivity contribution is 6.10. The molecular formula is C18H19N5O. The lowest BCUT2D eigenvalue weighted by Crippen LogP contribution is -2.42. The van der Waals surface area contributed by atoms with Gasteiger partial charge in [-0.3, -0.25) is 4.79 Å². The van der Waals surface area contributed by atoms with Crippen LogP contribution in [0.15, 0.2) is 46.3 Å². The van der Waals surface area contributed by atoms with E-state index in [0.717, 1.165) is 22.4 Å². The molecule has 0 aromatic heterocycles. The molecule has 2 aliphatic heterocycles. The fraction of sp³-hybridized carbons (Fsp3) is 0.278. The molecule has 0 saturated carbocycles. The summed E-state index contributed by atoms with van der Waals surface area (Å²) in [6, 6.07) is 8.13. The summed E-state index contributed by atoms with van der Waals surface area (Å²) < 4.78 is 0. The predicted octanol–water partition coefficient (Wildman–Crippen LogP) is 1.96. The van der Waals surface area contributed by atoms with Crippen molar-refractivity contribution in [2.75, 3.05) is 18.1 Å². The molecular weight excluding hydrogens is 302 g/mol. The number of nitrogens with two attached hydrogens (primary N) is 1. The molecule has 1 aromatic rings. The quantitative estimate of drug-likeness (QED) is 0.857. The number of hydrogen-bond donors (Lipinski definition) is 1. The SMILES string of the molecule is CC(=O)N1CC=C2C(=NN(c3c(C)cccc3C)C(N)=C2C#N)C1. The van der Waals surface area contributed by atoms with Gasteiger partial charge in [-0.2, -0.15) is 10.4 Å². The Morgan fingerprint density at radius 2 is 2.00 bits per heavy atom. The molecule has 0 spiro atoms. The molecule has 0 fully saturated rings.